The molecule has 0 saturated carbocycles. The molecule has 7 heteroatoms. The standard InChI is InChI=1S/C26H24FN3O2S/c1-18-6-8-20(9-7-18)16-30-25(32)22-4-2-3-5-23(22)29-26(30)33-17-24(31)28-15-14-19-10-12-21(27)13-11-19/h2-13H,14-17H2,1H3,(H,28,31). The van der Waals surface area contributed by atoms with Crippen molar-refractivity contribution in [2.45, 2.75) is 25.0 Å². The molecule has 33 heavy (non-hydrogen) atoms. The van der Waals surface area contributed by atoms with Gasteiger partial charge in [-0.1, -0.05) is 65.9 Å². The lowest BCUT2D eigenvalue weighted by atomic mass is 10.1. The Kier molecular flexibility index (Phi) is 7.19. The number of fused-ring (bicyclic) bond motifs is 1. The number of rotatable bonds is 8. The number of halogens is 1. The predicted molar refractivity (Wildman–Crippen MR) is 130 cm³/mol. The first-order chi connectivity index (χ1) is 16.0. The minimum atomic E-state index is -0.279. The SMILES string of the molecule is Cc1ccc(Cn2c(SCC(=O)NCCc3ccc(F)cc3)nc3ccccc3c2=O)cc1. The zero-order valence-electron chi connectivity index (χ0n) is 18.3. The van der Waals surface area contributed by atoms with Gasteiger partial charge in [-0.05, 0) is 48.7 Å². The van der Waals surface area contributed by atoms with Crippen molar-refractivity contribution in [3.8, 4) is 0 Å². The molecule has 1 heterocycles. The van der Waals surface area contributed by atoms with E-state index in [-0.39, 0.29) is 23.0 Å². The highest BCUT2D eigenvalue weighted by atomic mass is 32.2. The number of aryl methyl sites for hydroxylation is 1. The molecule has 0 aliphatic rings. The van der Waals surface area contributed by atoms with Crippen LogP contribution in [0.4, 0.5) is 4.39 Å². The number of thioether (sulfide) groups is 1. The summed E-state index contributed by atoms with van der Waals surface area (Å²) < 4.78 is 14.6. The molecule has 1 aromatic heterocycles. The van der Waals surface area contributed by atoms with E-state index in [1.165, 1.54) is 23.9 Å². The maximum Gasteiger partial charge on any atom is 0.262 e. The number of aromatic nitrogens is 2. The van der Waals surface area contributed by atoms with Crippen LogP contribution in [0, 0.1) is 12.7 Å². The molecule has 0 atom stereocenters. The molecule has 0 bridgehead atoms. The molecular formula is C26H24FN3O2S. The summed E-state index contributed by atoms with van der Waals surface area (Å²) in [6.07, 6.45) is 0.614. The van der Waals surface area contributed by atoms with Crippen LogP contribution in [0.25, 0.3) is 10.9 Å². The summed E-state index contributed by atoms with van der Waals surface area (Å²) in [5.41, 5.74) is 3.58. The Labute approximate surface area is 195 Å². The van der Waals surface area contributed by atoms with Gasteiger partial charge in [-0.2, -0.15) is 0 Å². The number of carbonyl (C=O) groups is 1. The molecule has 0 aliphatic carbocycles. The molecule has 168 valence electrons. The normalized spacial score (nSPS) is 11.0. The lowest BCUT2D eigenvalue weighted by Crippen LogP contribution is -2.28. The third-order valence-corrected chi connectivity index (χ3v) is 6.25. The molecule has 0 spiro atoms. The van der Waals surface area contributed by atoms with E-state index in [4.69, 9.17) is 0 Å². The van der Waals surface area contributed by atoms with Crippen molar-refractivity contribution in [3.05, 3.63) is 106 Å². The van der Waals surface area contributed by atoms with E-state index >= 15 is 0 Å². The monoisotopic (exact) mass is 461 g/mol. The van der Waals surface area contributed by atoms with Crippen molar-refractivity contribution in [2.75, 3.05) is 12.3 Å². The Morgan fingerprint density at radius 1 is 1.00 bits per heavy atom. The average Bonchev–Trinajstić information content (AvgIpc) is 2.82. The lowest BCUT2D eigenvalue weighted by Gasteiger charge is -2.13. The molecular weight excluding hydrogens is 437 g/mol. The summed E-state index contributed by atoms with van der Waals surface area (Å²) in [6.45, 7) is 2.85. The molecule has 0 saturated heterocycles. The Bertz CT molecular complexity index is 1320. The molecule has 5 nitrogen and oxygen atoms in total. The van der Waals surface area contributed by atoms with Crippen molar-refractivity contribution in [1.29, 1.82) is 0 Å². The number of carbonyl (C=O) groups excluding carboxylic acids is 1. The number of hydrogen-bond donors (Lipinski definition) is 1. The van der Waals surface area contributed by atoms with Crippen molar-refractivity contribution >= 4 is 28.6 Å². The highest BCUT2D eigenvalue weighted by molar-refractivity contribution is 7.99. The lowest BCUT2D eigenvalue weighted by molar-refractivity contribution is -0.118. The molecule has 1 N–H and O–H groups in total. The molecule has 0 unspecified atom stereocenters. The number of benzene rings is 3. The quantitative estimate of drug-likeness (QED) is 0.313. The minimum Gasteiger partial charge on any atom is -0.355 e. The fourth-order valence-corrected chi connectivity index (χ4v) is 4.28. The van der Waals surface area contributed by atoms with E-state index < -0.39 is 0 Å². The fraction of sp³-hybridized carbons (Fsp3) is 0.192. The molecule has 1 amide bonds. The van der Waals surface area contributed by atoms with Gasteiger partial charge in [0.05, 0.1) is 23.2 Å². The second-order valence-corrected chi connectivity index (χ2v) is 8.75. The second kappa shape index (κ2) is 10.4. The van der Waals surface area contributed by atoms with E-state index in [1.807, 2.05) is 43.3 Å². The van der Waals surface area contributed by atoms with Gasteiger partial charge >= 0.3 is 0 Å². The molecule has 0 fully saturated rings. The van der Waals surface area contributed by atoms with Crippen molar-refractivity contribution in [1.82, 2.24) is 14.9 Å². The molecule has 4 aromatic rings. The van der Waals surface area contributed by atoms with Crippen LogP contribution >= 0.6 is 11.8 Å². The molecule has 0 aliphatic heterocycles. The topological polar surface area (TPSA) is 64.0 Å². The second-order valence-electron chi connectivity index (χ2n) is 7.80. The number of nitrogens with zero attached hydrogens (tertiary/aromatic N) is 2. The van der Waals surface area contributed by atoms with Gasteiger partial charge in [0, 0.05) is 6.54 Å². The van der Waals surface area contributed by atoms with Gasteiger partial charge < -0.3 is 5.32 Å². The minimum absolute atomic E-state index is 0.125. The molecule has 4 rings (SSSR count). The van der Waals surface area contributed by atoms with Crippen LogP contribution in [-0.4, -0.2) is 27.8 Å². The maximum absolute atomic E-state index is 13.2. The first-order valence-electron chi connectivity index (χ1n) is 10.7. The number of nitrogens with one attached hydrogen (secondary N) is 1. The first-order valence-corrected chi connectivity index (χ1v) is 11.7. The summed E-state index contributed by atoms with van der Waals surface area (Å²) >= 11 is 1.24. The van der Waals surface area contributed by atoms with Crippen molar-refractivity contribution < 1.29 is 9.18 Å². The summed E-state index contributed by atoms with van der Waals surface area (Å²) in [5, 5.41) is 3.94. The van der Waals surface area contributed by atoms with Gasteiger partial charge in [-0.15, -0.1) is 0 Å². The third kappa shape index (κ3) is 5.87. The smallest absolute Gasteiger partial charge is 0.262 e. The van der Waals surface area contributed by atoms with E-state index in [2.05, 4.69) is 10.3 Å². The molecule has 0 radical (unpaired) electrons. The van der Waals surface area contributed by atoms with E-state index in [1.54, 1.807) is 28.8 Å². The average molecular weight is 462 g/mol. The highest BCUT2D eigenvalue weighted by Gasteiger charge is 2.14. The Morgan fingerprint density at radius 3 is 2.45 bits per heavy atom. The maximum atomic E-state index is 13.2. The van der Waals surface area contributed by atoms with Crippen molar-refractivity contribution in [3.63, 3.8) is 0 Å². The summed E-state index contributed by atoms with van der Waals surface area (Å²) in [5.74, 6) is -0.285. The van der Waals surface area contributed by atoms with E-state index in [0.717, 1.165) is 16.7 Å². The van der Waals surface area contributed by atoms with Gasteiger partial charge in [-0.3, -0.25) is 14.2 Å². The molecule has 3 aromatic carbocycles. The number of para-hydroxylation sites is 1. The summed E-state index contributed by atoms with van der Waals surface area (Å²) in [7, 11) is 0. The highest BCUT2D eigenvalue weighted by Crippen LogP contribution is 2.19. The van der Waals surface area contributed by atoms with Crippen LogP contribution in [-0.2, 0) is 17.8 Å². The van der Waals surface area contributed by atoms with Gasteiger partial charge in [0.2, 0.25) is 5.91 Å². The van der Waals surface area contributed by atoms with Crippen LogP contribution in [0.1, 0.15) is 16.7 Å². The first kappa shape index (κ1) is 22.7. The largest absolute Gasteiger partial charge is 0.355 e. The zero-order valence-corrected chi connectivity index (χ0v) is 19.1. The Hall–Kier alpha value is -3.45. The van der Waals surface area contributed by atoms with Crippen LogP contribution in [0.2, 0.25) is 0 Å². The van der Waals surface area contributed by atoms with Gasteiger partial charge in [0.15, 0.2) is 5.16 Å². The van der Waals surface area contributed by atoms with Gasteiger partial charge in [0.1, 0.15) is 5.82 Å². The summed E-state index contributed by atoms with van der Waals surface area (Å²) in [4.78, 5) is 30.3. The van der Waals surface area contributed by atoms with Gasteiger partial charge in [0.25, 0.3) is 5.56 Å². The summed E-state index contributed by atoms with van der Waals surface area (Å²) in [6, 6.07) is 21.5. The Morgan fingerprint density at radius 2 is 1.70 bits per heavy atom. The van der Waals surface area contributed by atoms with Crippen LogP contribution in [0.3, 0.4) is 0 Å². The number of amides is 1. The Balaban J connectivity index is 1.47. The fourth-order valence-electron chi connectivity index (χ4n) is 3.45. The van der Waals surface area contributed by atoms with E-state index in [9.17, 15) is 14.0 Å². The van der Waals surface area contributed by atoms with Gasteiger partial charge in [-0.25, -0.2) is 9.37 Å². The third-order valence-electron chi connectivity index (χ3n) is 5.27. The predicted octanol–water partition coefficient (Wildman–Crippen LogP) is 4.34. The zero-order chi connectivity index (χ0) is 23.2. The van der Waals surface area contributed by atoms with Crippen LogP contribution in [0.5, 0.6) is 0 Å². The van der Waals surface area contributed by atoms with E-state index in [0.29, 0.717) is 35.6 Å². The number of hydrogen-bond acceptors (Lipinski definition) is 4. The van der Waals surface area contributed by atoms with Crippen LogP contribution < -0.4 is 10.9 Å². The van der Waals surface area contributed by atoms with Crippen LogP contribution in [0.15, 0.2) is 82.7 Å². The van der Waals surface area contributed by atoms with Crippen molar-refractivity contribution in [2.24, 2.45) is 0 Å².